The van der Waals surface area contributed by atoms with Crippen LogP contribution >= 0.6 is 0 Å². The van der Waals surface area contributed by atoms with Crippen molar-refractivity contribution in [2.75, 3.05) is 0 Å². The lowest BCUT2D eigenvalue weighted by molar-refractivity contribution is 0.669. The topological polar surface area (TPSA) is 38.9 Å². The molecule has 2 heterocycles. The number of aromatic nitrogens is 2. The highest BCUT2D eigenvalue weighted by molar-refractivity contribution is 6.06. The van der Waals surface area contributed by atoms with Gasteiger partial charge in [0.2, 0.25) is 0 Å². The summed E-state index contributed by atoms with van der Waals surface area (Å²) in [6.07, 6.45) is 0. The van der Waals surface area contributed by atoms with Crippen molar-refractivity contribution < 1.29 is 4.42 Å². The Kier molecular flexibility index (Phi) is 7.76. The van der Waals surface area contributed by atoms with Crippen LogP contribution in [-0.2, 0) is 5.41 Å². The first kappa shape index (κ1) is 34.2. The molecular formula is C57H36N2O. The number of fused-ring (bicyclic) bond motifs is 7. The Hall–Kier alpha value is -7.88. The molecule has 0 spiro atoms. The van der Waals surface area contributed by atoms with E-state index in [1.807, 2.05) is 12.1 Å². The van der Waals surface area contributed by atoms with E-state index in [1.165, 1.54) is 38.8 Å². The Morgan fingerprint density at radius 3 is 1.75 bits per heavy atom. The fourth-order valence-electron chi connectivity index (χ4n) is 9.57. The van der Waals surface area contributed by atoms with E-state index in [9.17, 15) is 0 Å². The molecule has 11 aromatic rings. The number of hydrogen-bond acceptors (Lipinski definition) is 3. The van der Waals surface area contributed by atoms with Gasteiger partial charge in [-0.05, 0) is 97.7 Å². The zero-order valence-corrected chi connectivity index (χ0v) is 32.6. The third-order valence-corrected chi connectivity index (χ3v) is 12.4. The largest absolute Gasteiger partial charge is 0.456 e. The maximum atomic E-state index is 6.16. The molecule has 1 aliphatic carbocycles. The summed E-state index contributed by atoms with van der Waals surface area (Å²) in [4.78, 5) is 10.7. The molecule has 0 fully saturated rings. The zero-order chi connectivity index (χ0) is 39.6. The minimum absolute atomic E-state index is 0.466. The van der Waals surface area contributed by atoms with Gasteiger partial charge in [-0.25, -0.2) is 9.97 Å². The second-order valence-corrected chi connectivity index (χ2v) is 15.7. The van der Waals surface area contributed by atoms with Gasteiger partial charge in [0.25, 0.3) is 0 Å². The molecule has 0 saturated heterocycles. The normalized spacial score (nSPS) is 12.8. The molecule has 280 valence electrons. The molecule has 3 nitrogen and oxygen atoms in total. The summed E-state index contributed by atoms with van der Waals surface area (Å²) in [6.45, 7) is 0. The SMILES string of the molecule is c1ccc(C2(c3ccccc3)c3ccccc3-c3cc(-c4cc(-c5cccc(-c6ccc7oc8ccccc8c7c6)c5)nc(-c5ccc6ccccc6c5)n4)ccc32)cc1. The third-order valence-electron chi connectivity index (χ3n) is 12.4. The number of benzene rings is 9. The van der Waals surface area contributed by atoms with E-state index < -0.39 is 5.41 Å². The van der Waals surface area contributed by atoms with Gasteiger partial charge in [0.05, 0.1) is 16.8 Å². The van der Waals surface area contributed by atoms with Crippen LogP contribution in [0.3, 0.4) is 0 Å². The molecule has 12 rings (SSSR count). The van der Waals surface area contributed by atoms with Gasteiger partial charge in [0.1, 0.15) is 11.2 Å². The van der Waals surface area contributed by atoms with Crippen LogP contribution in [-0.4, -0.2) is 9.97 Å². The fourth-order valence-corrected chi connectivity index (χ4v) is 9.57. The van der Waals surface area contributed by atoms with Crippen molar-refractivity contribution in [1.29, 1.82) is 0 Å². The van der Waals surface area contributed by atoms with Crippen molar-refractivity contribution in [3.05, 3.63) is 241 Å². The molecule has 1 aliphatic rings. The highest BCUT2D eigenvalue weighted by atomic mass is 16.3. The molecule has 0 atom stereocenters. The van der Waals surface area contributed by atoms with Crippen LogP contribution in [0.4, 0.5) is 0 Å². The van der Waals surface area contributed by atoms with Crippen LogP contribution in [0.25, 0.3) is 88.9 Å². The van der Waals surface area contributed by atoms with Crippen LogP contribution in [0.5, 0.6) is 0 Å². The van der Waals surface area contributed by atoms with E-state index >= 15 is 0 Å². The molecule has 0 aliphatic heterocycles. The summed E-state index contributed by atoms with van der Waals surface area (Å²) < 4.78 is 6.16. The van der Waals surface area contributed by atoms with Crippen LogP contribution in [0.2, 0.25) is 0 Å². The van der Waals surface area contributed by atoms with Crippen molar-refractivity contribution in [3.8, 4) is 56.2 Å². The zero-order valence-electron chi connectivity index (χ0n) is 32.6. The van der Waals surface area contributed by atoms with Gasteiger partial charge in [-0.2, -0.15) is 0 Å². The van der Waals surface area contributed by atoms with E-state index in [2.05, 4.69) is 206 Å². The highest BCUT2D eigenvalue weighted by Gasteiger charge is 2.46. The number of furan rings is 1. The summed E-state index contributed by atoms with van der Waals surface area (Å²) >= 11 is 0. The standard InChI is InChI=1S/C57H36N2O/c1-3-18-44(19-4-1)57(45-20-5-2-6-21-45)50-24-11-9-22-46(50)48-35-42(28-30-51(48)57)53-36-52(58-56(59-53)43-27-26-37-14-7-8-15-38(37)33-43)41-17-13-16-39(32-41)40-29-31-55-49(34-40)47-23-10-12-25-54(47)60-55/h1-36H. The fraction of sp³-hybridized carbons (Fsp3) is 0.0175. The molecule has 60 heavy (non-hydrogen) atoms. The van der Waals surface area contributed by atoms with Crippen molar-refractivity contribution in [3.63, 3.8) is 0 Å². The van der Waals surface area contributed by atoms with Crippen LogP contribution in [0, 0.1) is 0 Å². The van der Waals surface area contributed by atoms with Gasteiger partial charge < -0.3 is 4.42 Å². The molecule has 2 aromatic heterocycles. The summed E-state index contributed by atoms with van der Waals surface area (Å²) in [7, 11) is 0. The van der Waals surface area contributed by atoms with Crippen LogP contribution < -0.4 is 0 Å². The monoisotopic (exact) mass is 764 g/mol. The third kappa shape index (κ3) is 5.37. The molecule has 0 radical (unpaired) electrons. The lowest BCUT2D eigenvalue weighted by Crippen LogP contribution is -2.28. The van der Waals surface area contributed by atoms with E-state index in [-0.39, 0.29) is 0 Å². The quantitative estimate of drug-likeness (QED) is 0.169. The Morgan fingerprint density at radius 1 is 0.333 bits per heavy atom. The first-order valence-electron chi connectivity index (χ1n) is 20.5. The van der Waals surface area contributed by atoms with Crippen LogP contribution in [0.1, 0.15) is 22.3 Å². The molecule has 0 N–H and O–H groups in total. The highest BCUT2D eigenvalue weighted by Crippen LogP contribution is 2.56. The first-order chi connectivity index (χ1) is 29.7. The van der Waals surface area contributed by atoms with Crippen molar-refractivity contribution in [2.24, 2.45) is 0 Å². The summed E-state index contributed by atoms with van der Waals surface area (Å²) in [5.41, 5.74) is 15.8. The van der Waals surface area contributed by atoms with E-state index in [1.54, 1.807) is 0 Å². The average molecular weight is 765 g/mol. The Labute approximate surface area is 347 Å². The van der Waals surface area contributed by atoms with Crippen LogP contribution in [0.15, 0.2) is 223 Å². The van der Waals surface area contributed by atoms with Gasteiger partial charge in [-0.15, -0.1) is 0 Å². The minimum Gasteiger partial charge on any atom is -0.456 e. The van der Waals surface area contributed by atoms with Crippen molar-refractivity contribution in [2.45, 2.75) is 5.41 Å². The summed E-state index contributed by atoms with van der Waals surface area (Å²) in [6, 6.07) is 78.2. The number of para-hydroxylation sites is 1. The van der Waals surface area contributed by atoms with Gasteiger partial charge in [0.15, 0.2) is 5.82 Å². The maximum Gasteiger partial charge on any atom is 0.160 e. The summed E-state index contributed by atoms with van der Waals surface area (Å²) in [5, 5.41) is 4.57. The lowest BCUT2D eigenvalue weighted by atomic mass is 9.67. The smallest absolute Gasteiger partial charge is 0.160 e. The molecular weight excluding hydrogens is 729 g/mol. The Bertz CT molecular complexity index is 3400. The Balaban J connectivity index is 1.04. The van der Waals surface area contributed by atoms with E-state index in [4.69, 9.17) is 14.4 Å². The van der Waals surface area contributed by atoms with Gasteiger partial charge >= 0.3 is 0 Å². The summed E-state index contributed by atoms with van der Waals surface area (Å²) in [5.74, 6) is 0.689. The van der Waals surface area contributed by atoms with Crippen molar-refractivity contribution >= 4 is 32.7 Å². The predicted molar refractivity (Wildman–Crippen MR) is 246 cm³/mol. The second kappa shape index (κ2) is 13.6. The number of hydrogen-bond donors (Lipinski definition) is 0. The van der Waals surface area contributed by atoms with Gasteiger partial charge in [0, 0.05) is 27.5 Å². The molecule has 0 amide bonds. The Morgan fingerprint density at radius 2 is 0.933 bits per heavy atom. The second-order valence-electron chi connectivity index (χ2n) is 15.7. The predicted octanol–water partition coefficient (Wildman–Crippen LogP) is 14.6. The molecule has 9 aromatic carbocycles. The number of rotatable bonds is 6. The van der Waals surface area contributed by atoms with E-state index in [0.29, 0.717) is 5.82 Å². The van der Waals surface area contributed by atoms with E-state index in [0.717, 1.165) is 66.5 Å². The molecule has 0 saturated carbocycles. The molecule has 0 bridgehead atoms. The lowest BCUT2D eigenvalue weighted by Gasteiger charge is -2.33. The molecule has 3 heteroatoms. The van der Waals surface area contributed by atoms with Gasteiger partial charge in [-0.3, -0.25) is 0 Å². The molecule has 0 unspecified atom stereocenters. The average Bonchev–Trinajstić information content (AvgIpc) is 3.85. The number of nitrogens with zero attached hydrogens (tertiary/aromatic N) is 2. The maximum absolute atomic E-state index is 6.16. The minimum atomic E-state index is -0.466. The first-order valence-corrected chi connectivity index (χ1v) is 20.5. The van der Waals surface area contributed by atoms with Gasteiger partial charge in [-0.1, -0.05) is 176 Å². The van der Waals surface area contributed by atoms with Crippen molar-refractivity contribution in [1.82, 2.24) is 9.97 Å².